The molecule has 90 valence electrons. The lowest BCUT2D eigenvalue weighted by Crippen LogP contribution is -2.38. The van der Waals surface area contributed by atoms with Crippen LogP contribution in [0.3, 0.4) is 0 Å². The van der Waals surface area contributed by atoms with Gasteiger partial charge in [0.05, 0.1) is 18.3 Å². The quantitative estimate of drug-likeness (QED) is 0.879. The van der Waals surface area contributed by atoms with Gasteiger partial charge in [-0.15, -0.1) is 11.3 Å². The van der Waals surface area contributed by atoms with E-state index >= 15 is 0 Å². The van der Waals surface area contributed by atoms with Crippen LogP contribution in [0.4, 0.5) is 0 Å². The van der Waals surface area contributed by atoms with Crippen LogP contribution in [0, 0.1) is 6.92 Å². The van der Waals surface area contributed by atoms with Crippen LogP contribution in [0.25, 0.3) is 0 Å². The minimum atomic E-state index is -0.651. The van der Waals surface area contributed by atoms with Gasteiger partial charge in [-0.3, -0.25) is 0 Å². The molecule has 1 fully saturated rings. The molecule has 0 spiro atoms. The molecule has 0 radical (unpaired) electrons. The summed E-state index contributed by atoms with van der Waals surface area (Å²) in [6.45, 7) is 4.92. The van der Waals surface area contributed by atoms with E-state index in [4.69, 9.17) is 4.74 Å². The maximum absolute atomic E-state index is 10.7. The largest absolute Gasteiger partial charge is 0.385 e. The van der Waals surface area contributed by atoms with Crippen LogP contribution in [0.2, 0.25) is 0 Å². The normalized spacial score (nSPS) is 30.6. The molecule has 2 rings (SSSR count). The number of thiophene rings is 1. The number of ether oxygens (including phenoxy) is 1. The second kappa shape index (κ2) is 4.86. The minimum Gasteiger partial charge on any atom is -0.385 e. The van der Waals surface area contributed by atoms with Crippen molar-refractivity contribution in [2.75, 3.05) is 6.61 Å². The molecule has 1 aliphatic rings. The third kappa shape index (κ3) is 2.31. The van der Waals surface area contributed by atoms with E-state index in [0.29, 0.717) is 6.61 Å². The van der Waals surface area contributed by atoms with Crippen LogP contribution in [-0.2, 0) is 10.3 Å². The Balaban J connectivity index is 2.15. The van der Waals surface area contributed by atoms with E-state index in [0.717, 1.165) is 31.2 Å². The van der Waals surface area contributed by atoms with Crippen molar-refractivity contribution >= 4 is 11.3 Å². The van der Waals surface area contributed by atoms with Crippen molar-refractivity contribution < 1.29 is 9.84 Å². The summed E-state index contributed by atoms with van der Waals surface area (Å²) < 4.78 is 5.70. The van der Waals surface area contributed by atoms with Crippen molar-refractivity contribution in [3.63, 3.8) is 0 Å². The van der Waals surface area contributed by atoms with Gasteiger partial charge < -0.3 is 9.84 Å². The number of aryl methyl sites for hydroxylation is 1. The molecular formula is C13H20O2S. The second-order valence-corrected chi connectivity index (χ2v) is 5.78. The first-order chi connectivity index (χ1) is 7.65. The predicted molar refractivity (Wildman–Crippen MR) is 66.8 cm³/mol. The molecule has 0 aromatic carbocycles. The summed E-state index contributed by atoms with van der Waals surface area (Å²) in [6.07, 6.45) is 3.86. The molecule has 1 aromatic heterocycles. The van der Waals surface area contributed by atoms with Gasteiger partial charge in [-0.05, 0) is 30.4 Å². The van der Waals surface area contributed by atoms with Crippen LogP contribution in [0.15, 0.2) is 11.4 Å². The maximum atomic E-state index is 10.7. The zero-order chi connectivity index (χ0) is 11.6. The zero-order valence-electron chi connectivity index (χ0n) is 10.0. The highest BCUT2D eigenvalue weighted by atomic mass is 32.1. The Morgan fingerprint density at radius 3 is 3.06 bits per heavy atom. The lowest BCUT2D eigenvalue weighted by atomic mass is 9.83. The Hall–Kier alpha value is -0.380. The Morgan fingerprint density at radius 2 is 2.44 bits per heavy atom. The van der Waals surface area contributed by atoms with Crippen LogP contribution in [0.1, 0.15) is 43.0 Å². The fourth-order valence-electron chi connectivity index (χ4n) is 2.55. The molecule has 16 heavy (non-hydrogen) atoms. The van der Waals surface area contributed by atoms with E-state index in [1.807, 2.05) is 0 Å². The Morgan fingerprint density at radius 1 is 1.62 bits per heavy atom. The summed E-state index contributed by atoms with van der Waals surface area (Å²) in [5.74, 6) is 0. The Kier molecular flexibility index (Phi) is 3.67. The van der Waals surface area contributed by atoms with Crippen molar-refractivity contribution in [2.45, 2.75) is 51.2 Å². The first kappa shape index (κ1) is 12.1. The van der Waals surface area contributed by atoms with Gasteiger partial charge in [-0.1, -0.05) is 13.3 Å². The smallest absolute Gasteiger partial charge is 0.0953 e. The molecule has 0 saturated carbocycles. The monoisotopic (exact) mass is 240 g/mol. The van der Waals surface area contributed by atoms with E-state index in [-0.39, 0.29) is 6.10 Å². The summed E-state index contributed by atoms with van der Waals surface area (Å²) in [6, 6.07) is 2.06. The van der Waals surface area contributed by atoms with Crippen LogP contribution < -0.4 is 0 Å². The molecular weight excluding hydrogens is 220 g/mol. The van der Waals surface area contributed by atoms with Crippen LogP contribution in [-0.4, -0.2) is 17.8 Å². The summed E-state index contributed by atoms with van der Waals surface area (Å²) in [5, 5.41) is 12.8. The topological polar surface area (TPSA) is 29.5 Å². The minimum absolute atomic E-state index is 0.225. The van der Waals surface area contributed by atoms with Gasteiger partial charge in [0, 0.05) is 17.7 Å². The van der Waals surface area contributed by atoms with Gasteiger partial charge >= 0.3 is 0 Å². The third-order valence-corrected chi connectivity index (χ3v) is 4.25. The Bertz CT molecular complexity index is 345. The van der Waals surface area contributed by atoms with Crippen molar-refractivity contribution in [3.05, 3.63) is 21.9 Å². The van der Waals surface area contributed by atoms with Crippen LogP contribution in [0.5, 0.6) is 0 Å². The van der Waals surface area contributed by atoms with Crippen molar-refractivity contribution in [3.8, 4) is 0 Å². The predicted octanol–water partition coefficient (Wildman–Crippen LogP) is 3.22. The van der Waals surface area contributed by atoms with Gasteiger partial charge in [-0.2, -0.15) is 0 Å². The average molecular weight is 240 g/mol. The highest BCUT2D eigenvalue weighted by molar-refractivity contribution is 7.10. The van der Waals surface area contributed by atoms with Crippen molar-refractivity contribution in [1.29, 1.82) is 0 Å². The molecule has 2 unspecified atom stereocenters. The standard InChI is InChI=1S/C13H20O2S/c1-3-4-11-9-13(14,6-7-15-11)12-5-8-16-10(12)2/h5,8,11,14H,3-4,6-7,9H2,1-2H3. The molecule has 1 aromatic rings. The number of hydrogen-bond acceptors (Lipinski definition) is 3. The summed E-state index contributed by atoms with van der Waals surface area (Å²) in [5.41, 5.74) is 0.462. The molecule has 1 aliphatic heterocycles. The fourth-order valence-corrected chi connectivity index (χ4v) is 3.35. The van der Waals surface area contributed by atoms with Gasteiger partial charge in [0.2, 0.25) is 0 Å². The van der Waals surface area contributed by atoms with E-state index in [2.05, 4.69) is 25.3 Å². The van der Waals surface area contributed by atoms with Gasteiger partial charge in [-0.25, -0.2) is 0 Å². The van der Waals surface area contributed by atoms with Gasteiger partial charge in [0.15, 0.2) is 0 Å². The molecule has 3 heteroatoms. The van der Waals surface area contributed by atoms with Gasteiger partial charge in [0.1, 0.15) is 0 Å². The summed E-state index contributed by atoms with van der Waals surface area (Å²) in [7, 11) is 0. The number of aliphatic hydroxyl groups is 1. The molecule has 1 saturated heterocycles. The highest BCUT2D eigenvalue weighted by Crippen LogP contribution is 2.38. The first-order valence-electron chi connectivity index (χ1n) is 6.04. The molecule has 0 amide bonds. The fraction of sp³-hybridized carbons (Fsp3) is 0.692. The number of rotatable bonds is 3. The second-order valence-electron chi connectivity index (χ2n) is 4.66. The van der Waals surface area contributed by atoms with Crippen LogP contribution >= 0.6 is 11.3 Å². The van der Waals surface area contributed by atoms with E-state index in [1.165, 1.54) is 4.88 Å². The lowest BCUT2D eigenvalue weighted by Gasteiger charge is -2.37. The molecule has 2 heterocycles. The first-order valence-corrected chi connectivity index (χ1v) is 6.92. The molecule has 1 N–H and O–H groups in total. The number of hydrogen-bond donors (Lipinski definition) is 1. The average Bonchev–Trinajstić information content (AvgIpc) is 2.66. The SMILES string of the molecule is CCCC1CC(O)(c2ccsc2C)CCO1. The summed E-state index contributed by atoms with van der Waals surface area (Å²) in [4.78, 5) is 1.24. The lowest BCUT2D eigenvalue weighted by molar-refractivity contribution is -0.110. The Labute approximate surface area is 101 Å². The molecule has 2 atom stereocenters. The zero-order valence-corrected chi connectivity index (χ0v) is 10.8. The van der Waals surface area contributed by atoms with Crippen molar-refractivity contribution in [2.24, 2.45) is 0 Å². The van der Waals surface area contributed by atoms with E-state index in [9.17, 15) is 5.11 Å². The molecule has 0 aliphatic carbocycles. The maximum Gasteiger partial charge on any atom is 0.0953 e. The van der Waals surface area contributed by atoms with Crippen molar-refractivity contribution in [1.82, 2.24) is 0 Å². The van der Waals surface area contributed by atoms with Gasteiger partial charge in [0.25, 0.3) is 0 Å². The highest BCUT2D eigenvalue weighted by Gasteiger charge is 2.37. The van der Waals surface area contributed by atoms with E-state index < -0.39 is 5.60 Å². The molecule has 2 nitrogen and oxygen atoms in total. The summed E-state index contributed by atoms with van der Waals surface area (Å²) >= 11 is 1.71. The molecule has 0 bridgehead atoms. The third-order valence-electron chi connectivity index (χ3n) is 3.41. The van der Waals surface area contributed by atoms with E-state index in [1.54, 1.807) is 11.3 Å².